The number of hydrogen-bond donors (Lipinski definition) is 2. The van der Waals surface area contributed by atoms with Crippen LogP contribution < -0.4 is 10.9 Å². The van der Waals surface area contributed by atoms with Crippen LogP contribution in [0.25, 0.3) is 0 Å². The Morgan fingerprint density at radius 3 is 2.70 bits per heavy atom. The molecular weight excluding hydrogens is 330 g/mol. The minimum Gasteiger partial charge on any atom is -0.329 e. The summed E-state index contributed by atoms with van der Waals surface area (Å²) in [4.78, 5) is 35.7. The van der Waals surface area contributed by atoms with Gasteiger partial charge in [-0.1, -0.05) is 15.9 Å². The van der Waals surface area contributed by atoms with Gasteiger partial charge in [0, 0.05) is 28.4 Å². The normalized spacial score (nSPS) is 10.1. The van der Waals surface area contributed by atoms with E-state index >= 15 is 0 Å². The minimum absolute atomic E-state index is 0.0588. The maximum Gasteiger partial charge on any atom is 0.293 e. The van der Waals surface area contributed by atoms with Gasteiger partial charge in [0.05, 0.1) is 4.92 Å². The van der Waals surface area contributed by atoms with E-state index in [-0.39, 0.29) is 16.9 Å². The van der Waals surface area contributed by atoms with Crippen molar-refractivity contribution in [1.82, 2.24) is 4.98 Å². The Balaban J connectivity index is 2.33. The fourth-order valence-corrected chi connectivity index (χ4v) is 1.89. The zero-order chi connectivity index (χ0) is 14.7. The number of carbonyl (C=O) groups is 1. The number of amides is 1. The third-order valence-electron chi connectivity index (χ3n) is 2.44. The highest BCUT2D eigenvalue weighted by molar-refractivity contribution is 9.10. The van der Waals surface area contributed by atoms with Gasteiger partial charge in [0.1, 0.15) is 5.69 Å². The number of rotatable bonds is 3. The Morgan fingerprint density at radius 1 is 1.30 bits per heavy atom. The predicted molar refractivity (Wildman–Crippen MR) is 75.8 cm³/mol. The monoisotopic (exact) mass is 337 g/mol. The first kappa shape index (κ1) is 13.9. The van der Waals surface area contributed by atoms with Crippen LogP contribution >= 0.6 is 15.9 Å². The first-order chi connectivity index (χ1) is 9.47. The molecule has 0 aliphatic heterocycles. The molecule has 1 aromatic heterocycles. The van der Waals surface area contributed by atoms with Crippen molar-refractivity contribution in [2.45, 2.75) is 0 Å². The maximum absolute atomic E-state index is 11.9. The maximum atomic E-state index is 11.9. The number of nitro benzene ring substituents is 1. The molecule has 0 bridgehead atoms. The van der Waals surface area contributed by atoms with E-state index < -0.39 is 16.4 Å². The molecule has 102 valence electrons. The highest BCUT2D eigenvalue weighted by Crippen LogP contribution is 2.28. The van der Waals surface area contributed by atoms with Crippen LogP contribution in [0.1, 0.15) is 10.4 Å². The molecule has 0 fully saturated rings. The van der Waals surface area contributed by atoms with Crippen molar-refractivity contribution in [3.63, 3.8) is 0 Å². The smallest absolute Gasteiger partial charge is 0.293 e. The van der Waals surface area contributed by atoms with Crippen LogP contribution in [-0.4, -0.2) is 15.8 Å². The number of carbonyl (C=O) groups excluding carboxylic acids is 1. The molecule has 0 spiro atoms. The second-order valence-corrected chi connectivity index (χ2v) is 4.73. The largest absolute Gasteiger partial charge is 0.329 e. The number of nitrogens with zero attached hydrogens (tertiary/aromatic N) is 1. The standard InChI is InChI=1S/C12H8BrN3O4/c13-8-1-2-9(10(6-8)16(19)20)15-12(18)7-3-4-14-11(17)5-7/h1-6H,(H,14,17)(H,15,18). The molecule has 2 N–H and O–H groups in total. The Kier molecular flexibility index (Phi) is 3.94. The van der Waals surface area contributed by atoms with Crippen molar-refractivity contribution in [2.75, 3.05) is 5.32 Å². The van der Waals surface area contributed by atoms with E-state index in [1.54, 1.807) is 6.07 Å². The zero-order valence-electron chi connectivity index (χ0n) is 9.92. The lowest BCUT2D eigenvalue weighted by Gasteiger charge is -2.06. The first-order valence-corrected chi connectivity index (χ1v) is 6.21. The molecule has 0 aliphatic rings. The summed E-state index contributed by atoms with van der Waals surface area (Å²) in [5, 5.41) is 13.3. The average molecular weight is 338 g/mol. The molecule has 8 heteroatoms. The van der Waals surface area contributed by atoms with E-state index in [0.29, 0.717) is 4.47 Å². The van der Waals surface area contributed by atoms with Crippen LogP contribution in [-0.2, 0) is 0 Å². The van der Waals surface area contributed by atoms with Gasteiger partial charge in [0.2, 0.25) is 5.56 Å². The van der Waals surface area contributed by atoms with Crippen LogP contribution in [0.2, 0.25) is 0 Å². The number of nitro groups is 1. The van der Waals surface area contributed by atoms with Gasteiger partial charge in [0.25, 0.3) is 11.6 Å². The number of hydrogen-bond acceptors (Lipinski definition) is 4. The van der Waals surface area contributed by atoms with Gasteiger partial charge in [-0.05, 0) is 18.2 Å². The second-order valence-electron chi connectivity index (χ2n) is 3.81. The molecule has 2 aromatic rings. The zero-order valence-corrected chi connectivity index (χ0v) is 11.5. The molecule has 0 saturated heterocycles. The minimum atomic E-state index is -0.599. The number of anilines is 1. The van der Waals surface area contributed by atoms with E-state index in [0.717, 1.165) is 6.07 Å². The average Bonchev–Trinajstić information content (AvgIpc) is 2.40. The van der Waals surface area contributed by atoms with Gasteiger partial charge in [-0.3, -0.25) is 19.7 Å². The fourth-order valence-electron chi connectivity index (χ4n) is 1.54. The quantitative estimate of drug-likeness (QED) is 0.662. The van der Waals surface area contributed by atoms with Crippen LogP contribution in [0.3, 0.4) is 0 Å². The van der Waals surface area contributed by atoms with E-state index in [2.05, 4.69) is 26.2 Å². The van der Waals surface area contributed by atoms with Gasteiger partial charge in [-0.2, -0.15) is 0 Å². The van der Waals surface area contributed by atoms with Crippen molar-refractivity contribution in [3.8, 4) is 0 Å². The van der Waals surface area contributed by atoms with Crippen LogP contribution in [0.4, 0.5) is 11.4 Å². The molecule has 0 radical (unpaired) electrons. The van der Waals surface area contributed by atoms with Crippen LogP contribution in [0.5, 0.6) is 0 Å². The Labute approximate surface area is 120 Å². The van der Waals surface area contributed by atoms with E-state index in [1.807, 2.05) is 0 Å². The lowest BCUT2D eigenvalue weighted by Crippen LogP contribution is -2.16. The van der Waals surface area contributed by atoms with Crippen molar-refractivity contribution < 1.29 is 9.72 Å². The molecule has 7 nitrogen and oxygen atoms in total. The Bertz CT molecular complexity index is 741. The molecule has 0 saturated carbocycles. The lowest BCUT2D eigenvalue weighted by molar-refractivity contribution is -0.384. The van der Waals surface area contributed by atoms with Crippen molar-refractivity contribution in [3.05, 3.63) is 67.0 Å². The van der Waals surface area contributed by atoms with Gasteiger partial charge < -0.3 is 10.3 Å². The lowest BCUT2D eigenvalue weighted by atomic mass is 10.2. The first-order valence-electron chi connectivity index (χ1n) is 5.41. The summed E-state index contributed by atoms with van der Waals surface area (Å²) >= 11 is 3.12. The van der Waals surface area contributed by atoms with Gasteiger partial charge in [-0.25, -0.2) is 0 Å². The summed E-state index contributed by atoms with van der Waals surface area (Å²) in [6.07, 6.45) is 1.33. The summed E-state index contributed by atoms with van der Waals surface area (Å²) < 4.78 is 0.526. The third kappa shape index (κ3) is 3.09. The topological polar surface area (TPSA) is 105 Å². The Hall–Kier alpha value is -2.48. The fraction of sp³-hybridized carbons (Fsp3) is 0. The number of halogens is 1. The molecule has 1 aromatic carbocycles. The van der Waals surface area contributed by atoms with Crippen molar-refractivity contribution in [2.24, 2.45) is 0 Å². The predicted octanol–water partition coefficient (Wildman–Crippen LogP) is 2.30. The van der Waals surface area contributed by atoms with Crippen LogP contribution in [0.15, 0.2) is 45.8 Å². The highest BCUT2D eigenvalue weighted by Gasteiger charge is 2.17. The molecule has 1 heterocycles. The number of H-pyrrole nitrogens is 1. The highest BCUT2D eigenvalue weighted by atomic mass is 79.9. The molecule has 1 amide bonds. The molecule has 0 atom stereocenters. The Morgan fingerprint density at radius 2 is 2.05 bits per heavy atom. The molecular formula is C12H8BrN3O4. The molecule has 0 aliphatic carbocycles. The number of aromatic nitrogens is 1. The van der Waals surface area contributed by atoms with Gasteiger partial charge >= 0.3 is 0 Å². The van der Waals surface area contributed by atoms with Crippen molar-refractivity contribution >= 4 is 33.2 Å². The summed E-state index contributed by atoms with van der Waals surface area (Å²) in [7, 11) is 0. The van der Waals surface area contributed by atoms with E-state index in [9.17, 15) is 19.7 Å². The SMILES string of the molecule is O=C(Nc1ccc(Br)cc1[N+](=O)[O-])c1cc[nH]c(=O)c1. The summed E-state index contributed by atoms with van der Waals surface area (Å²) in [5.41, 5.74) is -0.491. The number of pyridine rings is 1. The number of benzene rings is 1. The van der Waals surface area contributed by atoms with Crippen molar-refractivity contribution in [1.29, 1.82) is 0 Å². The molecule has 20 heavy (non-hydrogen) atoms. The number of aromatic amines is 1. The van der Waals surface area contributed by atoms with Crippen LogP contribution in [0, 0.1) is 10.1 Å². The summed E-state index contributed by atoms with van der Waals surface area (Å²) in [6.45, 7) is 0. The summed E-state index contributed by atoms with van der Waals surface area (Å²) in [6, 6.07) is 6.78. The summed E-state index contributed by atoms with van der Waals surface area (Å²) in [5.74, 6) is -0.596. The van der Waals surface area contributed by atoms with E-state index in [1.165, 1.54) is 24.4 Å². The van der Waals surface area contributed by atoms with Gasteiger partial charge in [-0.15, -0.1) is 0 Å². The molecule has 2 rings (SSSR count). The molecule has 0 unspecified atom stereocenters. The second kappa shape index (κ2) is 5.66. The van der Waals surface area contributed by atoms with Gasteiger partial charge in [0.15, 0.2) is 0 Å². The third-order valence-corrected chi connectivity index (χ3v) is 2.94. The van der Waals surface area contributed by atoms with E-state index in [4.69, 9.17) is 0 Å². The number of nitrogens with one attached hydrogen (secondary N) is 2.